The standard InChI is InChI=1S/C14H21N3O2/c1-14(2,3)19-13(18)17-7-9-10(8-17)12(9)11-5-6-15-16(11)4/h5-6,9-10,12H,7-8H2,1-4H3/t9-,10+,12+. The Morgan fingerprint density at radius 2 is 2.00 bits per heavy atom. The Balaban J connectivity index is 1.59. The maximum Gasteiger partial charge on any atom is 0.410 e. The van der Waals surface area contributed by atoms with E-state index in [1.807, 2.05) is 43.6 Å². The second kappa shape index (κ2) is 3.99. The average molecular weight is 263 g/mol. The predicted molar refractivity (Wildman–Crippen MR) is 70.7 cm³/mol. The van der Waals surface area contributed by atoms with E-state index in [-0.39, 0.29) is 6.09 Å². The zero-order valence-electron chi connectivity index (χ0n) is 12.0. The van der Waals surface area contributed by atoms with Crippen molar-refractivity contribution in [3.05, 3.63) is 18.0 Å². The van der Waals surface area contributed by atoms with Crippen LogP contribution in [0.3, 0.4) is 0 Å². The Hall–Kier alpha value is -1.52. The SMILES string of the molecule is Cn1nccc1[C@H]1[C@@H]2CN(C(=O)OC(C)(C)C)C[C@@H]21. The molecule has 1 saturated heterocycles. The van der Waals surface area contributed by atoms with Gasteiger partial charge in [0.15, 0.2) is 0 Å². The lowest BCUT2D eigenvalue weighted by Crippen LogP contribution is -2.37. The van der Waals surface area contributed by atoms with Gasteiger partial charge in [0.05, 0.1) is 0 Å². The van der Waals surface area contributed by atoms with Gasteiger partial charge in [-0.05, 0) is 38.7 Å². The number of hydrogen-bond donors (Lipinski definition) is 0. The number of rotatable bonds is 1. The van der Waals surface area contributed by atoms with Gasteiger partial charge in [0, 0.05) is 37.9 Å². The Labute approximate surface area is 113 Å². The Morgan fingerprint density at radius 3 is 2.47 bits per heavy atom. The van der Waals surface area contributed by atoms with E-state index in [2.05, 4.69) is 11.2 Å². The van der Waals surface area contributed by atoms with Crippen molar-refractivity contribution in [2.75, 3.05) is 13.1 Å². The number of hydrogen-bond acceptors (Lipinski definition) is 3. The van der Waals surface area contributed by atoms with Gasteiger partial charge in [0.25, 0.3) is 0 Å². The molecule has 0 spiro atoms. The number of piperidine rings is 1. The van der Waals surface area contributed by atoms with Gasteiger partial charge in [0.2, 0.25) is 0 Å². The molecular weight excluding hydrogens is 242 g/mol. The highest BCUT2D eigenvalue weighted by atomic mass is 16.6. The summed E-state index contributed by atoms with van der Waals surface area (Å²) in [4.78, 5) is 13.8. The lowest BCUT2D eigenvalue weighted by Gasteiger charge is -2.25. The summed E-state index contributed by atoms with van der Waals surface area (Å²) in [6, 6.07) is 2.08. The van der Waals surface area contributed by atoms with Crippen LogP contribution < -0.4 is 0 Å². The van der Waals surface area contributed by atoms with Crippen molar-refractivity contribution >= 4 is 6.09 Å². The molecule has 1 saturated carbocycles. The van der Waals surface area contributed by atoms with Crippen molar-refractivity contribution in [1.29, 1.82) is 0 Å². The summed E-state index contributed by atoms with van der Waals surface area (Å²) in [6.45, 7) is 7.34. The summed E-state index contributed by atoms with van der Waals surface area (Å²) in [5.74, 6) is 1.75. The van der Waals surface area contributed by atoms with Crippen LogP contribution in [0.15, 0.2) is 12.3 Å². The lowest BCUT2D eigenvalue weighted by molar-refractivity contribution is 0.0270. The highest BCUT2D eigenvalue weighted by Crippen LogP contribution is 2.58. The number of fused-ring (bicyclic) bond motifs is 1. The van der Waals surface area contributed by atoms with Crippen LogP contribution in [0.5, 0.6) is 0 Å². The van der Waals surface area contributed by atoms with E-state index in [9.17, 15) is 4.79 Å². The van der Waals surface area contributed by atoms with Crippen LogP contribution in [0.4, 0.5) is 4.79 Å². The van der Waals surface area contributed by atoms with Crippen LogP contribution >= 0.6 is 0 Å². The first-order valence-electron chi connectivity index (χ1n) is 6.82. The number of aryl methyl sites for hydroxylation is 1. The Bertz CT molecular complexity index is 491. The van der Waals surface area contributed by atoms with Gasteiger partial charge in [-0.3, -0.25) is 4.68 Å². The molecule has 0 bridgehead atoms. The number of aromatic nitrogens is 2. The summed E-state index contributed by atoms with van der Waals surface area (Å²) in [6.07, 6.45) is 1.66. The number of nitrogens with zero attached hydrogens (tertiary/aromatic N) is 3. The van der Waals surface area contributed by atoms with Gasteiger partial charge >= 0.3 is 6.09 Å². The van der Waals surface area contributed by atoms with Gasteiger partial charge < -0.3 is 9.64 Å². The molecule has 1 aromatic rings. The van der Waals surface area contributed by atoms with E-state index in [1.54, 1.807) is 0 Å². The molecule has 2 fully saturated rings. The zero-order chi connectivity index (χ0) is 13.8. The molecule has 104 valence electrons. The van der Waals surface area contributed by atoms with E-state index >= 15 is 0 Å². The quantitative estimate of drug-likeness (QED) is 0.778. The van der Waals surface area contributed by atoms with Crippen LogP contribution in [0, 0.1) is 11.8 Å². The van der Waals surface area contributed by atoms with E-state index < -0.39 is 5.60 Å². The molecule has 0 N–H and O–H groups in total. The van der Waals surface area contributed by atoms with Crippen LogP contribution in [0.1, 0.15) is 32.4 Å². The molecule has 1 aliphatic heterocycles. The predicted octanol–water partition coefficient (Wildman–Crippen LogP) is 2.00. The third-order valence-electron chi connectivity index (χ3n) is 4.05. The van der Waals surface area contributed by atoms with Crippen LogP contribution in [0.25, 0.3) is 0 Å². The first kappa shape index (κ1) is 12.5. The van der Waals surface area contributed by atoms with Crippen LogP contribution in [-0.4, -0.2) is 39.5 Å². The van der Waals surface area contributed by atoms with Crippen molar-refractivity contribution in [3.8, 4) is 0 Å². The Morgan fingerprint density at radius 1 is 1.37 bits per heavy atom. The maximum absolute atomic E-state index is 12.0. The minimum absolute atomic E-state index is 0.177. The van der Waals surface area contributed by atoms with Crippen LogP contribution in [0.2, 0.25) is 0 Å². The number of likely N-dealkylation sites (tertiary alicyclic amines) is 1. The topological polar surface area (TPSA) is 47.4 Å². The van der Waals surface area contributed by atoms with Crippen molar-refractivity contribution in [3.63, 3.8) is 0 Å². The summed E-state index contributed by atoms with van der Waals surface area (Å²) in [7, 11) is 1.98. The maximum atomic E-state index is 12.0. The largest absolute Gasteiger partial charge is 0.444 e. The van der Waals surface area contributed by atoms with E-state index in [1.165, 1.54) is 5.69 Å². The first-order valence-corrected chi connectivity index (χ1v) is 6.82. The van der Waals surface area contributed by atoms with Crippen molar-refractivity contribution in [2.24, 2.45) is 18.9 Å². The third-order valence-corrected chi connectivity index (χ3v) is 4.05. The minimum Gasteiger partial charge on any atom is -0.444 e. The number of amides is 1. The fourth-order valence-electron chi connectivity index (χ4n) is 3.15. The monoisotopic (exact) mass is 263 g/mol. The smallest absolute Gasteiger partial charge is 0.410 e. The normalized spacial score (nSPS) is 29.3. The molecule has 0 aromatic carbocycles. The molecule has 1 aromatic heterocycles. The number of carbonyl (C=O) groups is 1. The van der Waals surface area contributed by atoms with Crippen molar-refractivity contribution < 1.29 is 9.53 Å². The van der Waals surface area contributed by atoms with Gasteiger partial charge in [-0.25, -0.2) is 4.79 Å². The average Bonchev–Trinajstić information content (AvgIpc) is 2.68. The molecule has 19 heavy (non-hydrogen) atoms. The van der Waals surface area contributed by atoms with Gasteiger partial charge in [-0.15, -0.1) is 0 Å². The van der Waals surface area contributed by atoms with Gasteiger partial charge in [-0.1, -0.05) is 0 Å². The van der Waals surface area contributed by atoms with Crippen LogP contribution in [-0.2, 0) is 11.8 Å². The summed E-state index contributed by atoms with van der Waals surface area (Å²) >= 11 is 0. The van der Waals surface area contributed by atoms with Crippen molar-refractivity contribution in [2.45, 2.75) is 32.3 Å². The van der Waals surface area contributed by atoms with Gasteiger partial charge in [-0.2, -0.15) is 5.10 Å². The molecule has 2 aliphatic rings. The zero-order valence-corrected chi connectivity index (χ0v) is 12.0. The molecule has 0 unspecified atom stereocenters. The second-order valence-corrected chi connectivity index (χ2v) is 6.62. The first-order chi connectivity index (χ1) is 8.87. The summed E-state index contributed by atoms with van der Waals surface area (Å²) in [5, 5.41) is 4.22. The molecule has 3 rings (SSSR count). The molecule has 2 heterocycles. The fraction of sp³-hybridized carbons (Fsp3) is 0.714. The molecule has 5 nitrogen and oxygen atoms in total. The molecule has 3 atom stereocenters. The van der Waals surface area contributed by atoms with Crippen molar-refractivity contribution in [1.82, 2.24) is 14.7 Å². The lowest BCUT2D eigenvalue weighted by atomic mass is 10.2. The number of carbonyl (C=O) groups excluding carboxylic acids is 1. The highest BCUT2D eigenvalue weighted by molar-refractivity contribution is 5.69. The molecule has 1 amide bonds. The van der Waals surface area contributed by atoms with E-state index in [0.717, 1.165) is 13.1 Å². The molecular formula is C14H21N3O2. The minimum atomic E-state index is -0.411. The second-order valence-electron chi connectivity index (χ2n) is 6.62. The Kier molecular flexibility index (Phi) is 2.62. The summed E-state index contributed by atoms with van der Waals surface area (Å²) < 4.78 is 7.35. The molecule has 5 heteroatoms. The molecule has 0 radical (unpaired) electrons. The highest BCUT2D eigenvalue weighted by Gasteiger charge is 2.58. The summed E-state index contributed by atoms with van der Waals surface area (Å²) in [5.41, 5.74) is 0.879. The van der Waals surface area contributed by atoms with Gasteiger partial charge in [0.1, 0.15) is 5.60 Å². The van der Waals surface area contributed by atoms with E-state index in [4.69, 9.17) is 4.74 Å². The fourth-order valence-corrected chi connectivity index (χ4v) is 3.15. The van der Waals surface area contributed by atoms with E-state index in [0.29, 0.717) is 17.8 Å². The third kappa shape index (κ3) is 2.22. The molecule has 1 aliphatic carbocycles. The number of ether oxygens (including phenoxy) is 1.